The Balaban J connectivity index is 2.33. The van der Waals surface area contributed by atoms with Gasteiger partial charge in [0, 0.05) is 18.1 Å². The first kappa shape index (κ1) is 7.04. The molecule has 0 spiro atoms. The number of hydrogen-bond donors (Lipinski definition) is 0. The number of benzene rings is 1. The molecule has 1 nitrogen and oxygen atoms in total. The maximum Gasteiger partial charge on any atom is 0.0614 e. The van der Waals surface area contributed by atoms with Crippen molar-refractivity contribution in [3.63, 3.8) is 0 Å². The second-order valence-corrected chi connectivity index (χ2v) is 3.67. The lowest BCUT2D eigenvalue weighted by atomic mass is 10.2. The van der Waals surface area contributed by atoms with Crippen molar-refractivity contribution in [1.82, 2.24) is 5.32 Å². The summed E-state index contributed by atoms with van der Waals surface area (Å²) in [7, 11) is 0. The van der Waals surface area contributed by atoms with Gasteiger partial charge in [-0.2, -0.15) is 11.8 Å². The SMILES string of the molecule is c1ccc2c(c1)CSCC[N]2. The van der Waals surface area contributed by atoms with Crippen LogP contribution in [0.5, 0.6) is 0 Å². The van der Waals surface area contributed by atoms with E-state index in [1.54, 1.807) is 0 Å². The summed E-state index contributed by atoms with van der Waals surface area (Å²) in [6.07, 6.45) is 0. The highest BCUT2D eigenvalue weighted by atomic mass is 32.2. The summed E-state index contributed by atoms with van der Waals surface area (Å²) in [4.78, 5) is 0. The van der Waals surface area contributed by atoms with Gasteiger partial charge < -0.3 is 0 Å². The second kappa shape index (κ2) is 3.18. The highest BCUT2D eigenvalue weighted by molar-refractivity contribution is 7.98. The van der Waals surface area contributed by atoms with Gasteiger partial charge in [0.2, 0.25) is 0 Å². The average molecular weight is 164 g/mol. The summed E-state index contributed by atoms with van der Waals surface area (Å²) in [5.74, 6) is 2.29. The van der Waals surface area contributed by atoms with Crippen LogP contribution >= 0.6 is 11.8 Å². The molecule has 1 aromatic rings. The summed E-state index contributed by atoms with van der Waals surface area (Å²) < 4.78 is 0. The summed E-state index contributed by atoms with van der Waals surface area (Å²) in [6.45, 7) is 0.974. The molecule has 11 heavy (non-hydrogen) atoms. The van der Waals surface area contributed by atoms with Crippen LogP contribution in [0.1, 0.15) is 5.56 Å². The number of fused-ring (bicyclic) bond motifs is 1. The number of thioether (sulfide) groups is 1. The van der Waals surface area contributed by atoms with Gasteiger partial charge in [0.25, 0.3) is 0 Å². The topological polar surface area (TPSA) is 14.1 Å². The van der Waals surface area contributed by atoms with E-state index in [-0.39, 0.29) is 0 Å². The van der Waals surface area contributed by atoms with Gasteiger partial charge in [0.05, 0.1) is 5.69 Å². The van der Waals surface area contributed by atoms with E-state index in [0.717, 1.165) is 18.1 Å². The van der Waals surface area contributed by atoms with Crippen LogP contribution in [0.25, 0.3) is 0 Å². The lowest BCUT2D eigenvalue weighted by Gasteiger charge is -2.01. The molecule has 0 saturated carbocycles. The van der Waals surface area contributed by atoms with E-state index in [4.69, 9.17) is 0 Å². The molecule has 2 heteroatoms. The molecule has 57 valence electrons. The first-order chi connectivity index (χ1) is 5.47. The molecular formula is C9H10NS. The highest BCUT2D eigenvalue weighted by Gasteiger charge is 2.05. The van der Waals surface area contributed by atoms with Crippen molar-refractivity contribution in [2.75, 3.05) is 12.3 Å². The van der Waals surface area contributed by atoms with Crippen molar-refractivity contribution in [3.8, 4) is 0 Å². The second-order valence-electron chi connectivity index (χ2n) is 2.56. The molecule has 0 aliphatic carbocycles. The van der Waals surface area contributed by atoms with Gasteiger partial charge in [0.15, 0.2) is 0 Å². The van der Waals surface area contributed by atoms with Crippen molar-refractivity contribution in [1.29, 1.82) is 0 Å². The molecule has 1 heterocycles. The predicted octanol–water partition coefficient (Wildman–Crippen LogP) is 2.17. The Morgan fingerprint density at radius 1 is 1.27 bits per heavy atom. The molecule has 1 aliphatic heterocycles. The molecule has 1 aromatic carbocycles. The minimum absolute atomic E-state index is 0.974. The van der Waals surface area contributed by atoms with E-state index in [1.807, 2.05) is 11.8 Å². The lowest BCUT2D eigenvalue weighted by Crippen LogP contribution is -2.00. The zero-order valence-electron chi connectivity index (χ0n) is 6.29. The number of rotatable bonds is 0. The Morgan fingerprint density at radius 3 is 3.18 bits per heavy atom. The van der Waals surface area contributed by atoms with Crippen molar-refractivity contribution in [3.05, 3.63) is 29.8 Å². The highest BCUT2D eigenvalue weighted by Crippen LogP contribution is 2.23. The summed E-state index contributed by atoms with van der Waals surface area (Å²) in [6, 6.07) is 8.40. The molecule has 1 aliphatic rings. The van der Waals surface area contributed by atoms with E-state index in [0.29, 0.717) is 0 Å². The molecule has 0 unspecified atom stereocenters. The molecule has 0 N–H and O–H groups in total. The van der Waals surface area contributed by atoms with Crippen molar-refractivity contribution in [2.45, 2.75) is 5.75 Å². The molecule has 0 saturated heterocycles. The largest absolute Gasteiger partial charge is 0.284 e. The van der Waals surface area contributed by atoms with Crippen LogP contribution in [0.3, 0.4) is 0 Å². The minimum atomic E-state index is 0.974. The van der Waals surface area contributed by atoms with Crippen LogP contribution in [-0.4, -0.2) is 12.3 Å². The van der Waals surface area contributed by atoms with Crippen molar-refractivity contribution >= 4 is 17.4 Å². The first-order valence-corrected chi connectivity index (χ1v) is 4.95. The Kier molecular flexibility index (Phi) is 2.04. The maximum atomic E-state index is 4.47. The predicted molar refractivity (Wildman–Crippen MR) is 49.3 cm³/mol. The fraction of sp³-hybridized carbons (Fsp3) is 0.333. The maximum absolute atomic E-state index is 4.47. The van der Waals surface area contributed by atoms with E-state index < -0.39 is 0 Å². The van der Waals surface area contributed by atoms with Crippen molar-refractivity contribution < 1.29 is 0 Å². The van der Waals surface area contributed by atoms with Gasteiger partial charge in [-0.3, -0.25) is 5.32 Å². The standard InChI is InChI=1S/C9H10NS/c1-2-4-9-8(3-1)7-11-6-5-10-9/h1-4H,5-7H2. The Morgan fingerprint density at radius 2 is 2.18 bits per heavy atom. The zero-order chi connectivity index (χ0) is 7.52. The van der Waals surface area contributed by atoms with Crippen molar-refractivity contribution in [2.24, 2.45) is 0 Å². The molecule has 0 aromatic heterocycles. The molecular weight excluding hydrogens is 154 g/mol. The Labute approximate surface area is 71.2 Å². The minimum Gasteiger partial charge on any atom is -0.284 e. The molecule has 0 bridgehead atoms. The monoisotopic (exact) mass is 164 g/mol. The third-order valence-electron chi connectivity index (χ3n) is 1.77. The number of nitrogens with zero attached hydrogens (tertiary/aromatic N) is 1. The average Bonchev–Trinajstić information content (AvgIpc) is 2.28. The molecule has 0 amide bonds. The summed E-state index contributed by atoms with van der Waals surface area (Å²) in [5, 5.41) is 4.47. The Bertz CT molecular complexity index is 222. The fourth-order valence-corrected chi connectivity index (χ4v) is 2.03. The normalized spacial score (nSPS) is 16.4. The Hall–Kier alpha value is -0.630. The molecule has 1 radical (unpaired) electrons. The van der Waals surface area contributed by atoms with Crippen LogP contribution in [0, 0.1) is 0 Å². The van der Waals surface area contributed by atoms with Crippen LogP contribution < -0.4 is 5.32 Å². The van der Waals surface area contributed by atoms with Gasteiger partial charge >= 0.3 is 0 Å². The number of hydrogen-bond acceptors (Lipinski definition) is 1. The third kappa shape index (κ3) is 1.51. The van der Waals surface area contributed by atoms with Gasteiger partial charge in [-0.15, -0.1) is 0 Å². The van der Waals surface area contributed by atoms with Crippen LogP contribution in [-0.2, 0) is 5.75 Å². The van der Waals surface area contributed by atoms with Gasteiger partial charge in [0.1, 0.15) is 0 Å². The van der Waals surface area contributed by atoms with Gasteiger partial charge in [-0.1, -0.05) is 18.2 Å². The number of para-hydroxylation sites is 1. The van der Waals surface area contributed by atoms with Crippen LogP contribution in [0.15, 0.2) is 24.3 Å². The smallest absolute Gasteiger partial charge is 0.0614 e. The summed E-state index contributed by atoms with van der Waals surface area (Å²) in [5.41, 5.74) is 2.58. The lowest BCUT2D eigenvalue weighted by molar-refractivity contribution is 0.923. The van der Waals surface area contributed by atoms with Crippen LogP contribution in [0.2, 0.25) is 0 Å². The van der Waals surface area contributed by atoms with E-state index in [2.05, 4.69) is 29.6 Å². The molecule has 0 fully saturated rings. The zero-order valence-corrected chi connectivity index (χ0v) is 7.10. The molecule has 2 rings (SSSR count). The van der Waals surface area contributed by atoms with E-state index >= 15 is 0 Å². The quantitative estimate of drug-likeness (QED) is 0.573. The van der Waals surface area contributed by atoms with Gasteiger partial charge in [-0.25, -0.2) is 0 Å². The molecule has 0 atom stereocenters. The van der Waals surface area contributed by atoms with Gasteiger partial charge in [-0.05, 0) is 11.6 Å². The van der Waals surface area contributed by atoms with E-state index in [1.165, 1.54) is 11.3 Å². The third-order valence-corrected chi connectivity index (χ3v) is 2.75. The van der Waals surface area contributed by atoms with E-state index in [9.17, 15) is 0 Å². The van der Waals surface area contributed by atoms with Crippen LogP contribution in [0.4, 0.5) is 5.69 Å². The summed E-state index contributed by atoms with van der Waals surface area (Å²) >= 11 is 1.96. The first-order valence-electron chi connectivity index (χ1n) is 3.80. The fourth-order valence-electron chi connectivity index (χ4n) is 1.20.